The number of hydrogen-bond donors (Lipinski definition) is 2. The lowest BCUT2D eigenvalue weighted by Crippen LogP contribution is -2.24. The van der Waals surface area contributed by atoms with Crippen molar-refractivity contribution < 1.29 is 0 Å². The fourth-order valence-corrected chi connectivity index (χ4v) is 2.73. The first kappa shape index (κ1) is 15.1. The molecule has 1 aromatic heterocycles. The third-order valence-corrected chi connectivity index (χ3v) is 3.89. The molecule has 106 valence electrons. The highest BCUT2D eigenvalue weighted by Gasteiger charge is 2.17. The van der Waals surface area contributed by atoms with E-state index >= 15 is 0 Å². The molecular formula is C15H17Cl2N3. The van der Waals surface area contributed by atoms with E-state index in [4.69, 9.17) is 28.9 Å². The molecule has 0 aliphatic carbocycles. The molecule has 0 amide bonds. The van der Waals surface area contributed by atoms with Crippen molar-refractivity contribution in [3.63, 3.8) is 0 Å². The fourth-order valence-electron chi connectivity index (χ4n) is 2.18. The molecule has 1 unspecified atom stereocenters. The van der Waals surface area contributed by atoms with Gasteiger partial charge in [-0.1, -0.05) is 36.2 Å². The second-order valence-electron chi connectivity index (χ2n) is 4.52. The molecule has 0 radical (unpaired) electrons. The molecule has 1 heterocycles. The Morgan fingerprint density at radius 1 is 1.25 bits per heavy atom. The maximum Gasteiger partial charge on any atom is 0.0453 e. The third-order valence-electron chi connectivity index (χ3n) is 3.18. The van der Waals surface area contributed by atoms with Crippen LogP contribution in [-0.4, -0.2) is 11.5 Å². The number of hydrogen-bond acceptors (Lipinski definition) is 3. The number of anilines is 1. The molecule has 0 bridgehead atoms. The van der Waals surface area contributed by atoms with E-state index in [0.717, 1.165) is 17.7 Å². The predicted octanol–water partition coefficient (Wildman–Crippen LogP) is 3.86. The molecule has 20 heavy (non-hydrogen) atoms. The van der Waals surface area contributed by atoms with Crippen LogP contribution in [0.1, 0.15) is 24.1 Å². The second kappa shape index (κ2) is 6.93. The zero-order chi connectivity index (χ0) is 14.5. The van der Waals surface area contributed by atoms with Gasteiger partial charge in [0.05, 0.1) is 0 Å². The fraction of sp³-hybridized carbons (Fsp3) is 0.267. The molecule has 0 spiro atoms. The minimum Gasteiger partial charge on any atom is -0.398 e. The van der Waals surface area contributed by atoms with Gasteiger partial charge in [-0.15, -0.1) is 0 Å². The Kier molecular flexibility index (Phi) is 5.24. The van der Waals surface area contributed by atoms with Crippen molar-refractivity contribution in [2.75, 3.05) is 12.3 Å². The molecule has 3 N–H and O–H groups in total. The largest absolute Gasteiger partial charge is 0.398 e. The van der Waals surface area contributed by atoms with Crippen LogP contribution in [0.15, 0.2) is 36.7 Å². The van der Waals surface area contributed by atoms with Crippen molar-refractivity contribution in [1.29, 1.82) is 0 Å². The Labute approximate surface area is 129 Å². The van der Waals surface area contributed by atoms with Crippen molar-refractivity contribution in [3.8, 4) is 0 Å². The molecule has 2 aromatic rings. The van der Waals surface area contributed by atoms with Crippen LogP contribution in [0.25, 0.3) is 0 Å². The number of likely N-dealkylation sites (N-methyl/N-ethyl adjacent to an activating group) is 1. The average Bonchev–Trinajstić information content (AvgIpc) is 2.43. The zero-order valence-corrected chi connectivity index (χ0v) is 12.7. The van der Waals surface area contributed by atoms with Crippen molar-refractivity contribution in [1.82, 2.24) is 10.3 Å². The highest BCUT2D eigenvalue weighted by atomic mass is 35.5. The SMILES string of the molecule is CCNC(Cc1c(Cl)cccc1Cl)c1cnccc1N. The number of halogens is 2. The highest BCUT2D eigenvalue weighted by Crippen LogP contribution is 2.30. The summed E-state index contributed by atoms with van der Waals surface area (Å²) in [6, 6.07) is 7.37. The van der Waals surface area contributed by atoms with E-state index in [1.807, 2.05) is 25.1 Å². The summed E-state index contributed by atoms with van der Waals surface area (Å²) in [5.41, 5.74) is 8.64. The first-order valence-electron chi connectivity index (χ1n) is 6.49. The summed E-state index contributed by atoms with van der Waals surface area (Å²) in [6.07, 6.45) is 4.14. The van der Waals surface area contributed by atoms with Crippen molar-refractivity contribution in [2.24, 2.45) is 0 Å². The lowest BCUT2D eigenvalue weighted by Gasteiger charge is -2.21. The predicted molar refractivity (Wildman–Crippen MR) is 85.2 cm³/mol. The van der Waals surface area contributed by atoms with Crippen LogP contribution in [0.2, 0.25) is 10.0 Å². The molecule has 1 atom stereocenters. The van der Waals surface area contributed by atoms with E-state index < -0.39 is 0 Å². The van der Waals surface area contributed by atoms with Gasteiger partial charge in [0.2, 0.25) is 0 Å². The molecule has 1 aromatic carbocycles. The molecule has 3 nitrogen and oxygen atoms in total. The van der Waals surface area contributed by atoms with Crippen LogP contribution in [-0.2, 0) is 6.42 Å². The summed E-state index contributed by atoms with van der Waals surface area (Å²) in [5, 5.41) is 4.74. The Bertz CT molecular complexity index is 567. The molecule has 0 saturated heterocycles. The van der Waals surface area contributed by atoms with Crippen molar-refractivity contribution in [3.05, 3.63) is 57.8 Å². The number of nitrogens with two attached hydrogens (primary N) is 1. The van der Waals surface area contributed by atoms with Gasteiger partial charge in [0, 0.05) is 39.7 Å². The normalized spacial score (nSPS) is 12.3. The summed E-state index contributed by atoms with van der Waals surface area (Å²) in [7, 11) is 0. The Hall–Kier alpha value is -1.29. The molecule has 0 aliphatic heterocycles. The standard InChI is InChI=1S/C15H17Cl2N3/c1-2-20-15(11-9-19-7-6-14(11)18)8-10-12(16)4-3-5-13(10)17/h3-7,9,15,20H,2,8H2,1H3,(H2,18,19). The van der Waals surface area contributed by atoms with Crippen LogP contribution in [0.3, 0.4) is 0 Å². The number of rotatable bonds is 5. The van der Waals surface area contributed by atoms with Gasteiger partial charge in [-0.05, 0) is 36.7 Å². The van der Waals surface area contributed by atoms with Gasteiger partial charge < -0.3 is 11.1 Å². The van der Waals surface area contributed by atoms with Crippen molar-refractivity contribution in [2.45, 2.75) is 19.4 Å². The van der Waals surface area contributed by atoms with Gasteiger partial charge in [-0.25, -0.2) is 0 Å². The smallest absolute Gasteiger partial charge is 0.0453 e. The van der Waals surface area contributed by atoms with E-state index in [-0.39, 0.29) is 6.04 Å². The van der Waals surface area contributed by atoms with Gasteiger partial charge in [-0.2, -0.15) is 0 Å². The van der Waals surface area contributed by atoms with Crippen LogP contribution >= 0.6 is 23.2 Å². The van der Waals surface area contributed by atoms with E-state index in [1.54, 1.807) is 18.5 Å². The highest BCUT2D eigenvalue weighted by molar-refractivity contribution is 6.36. The molecular weight excluding hydrogens is 293 g/mol. The lowest BCUT2D eigenvalue weighted by atomic mass is 9.99. The first-order valence-corrected chi connectivity index (χ1v) is 7.24. The Morgan fingerprint density at radius 3 is 2.55 bits per heavy atom. The topological polar surface area (TPSA) is 50.9 Å². The number of nitrogens with zero attached hydrogens (tertiary/aromatic N) is 1. The minimum atomic E-state index is 0.0334. The number of benzene rings is 1. The summed E-state index contributed by atoms with van der Waals surface area (Å²) < 4.78 is 0. The number of aromatic nitrogens is 1. The van der Waals surface area contributed by atoms with Crippen molar-refractivity contribution >= 4 is 28.9 Å². The van der Waals surface area contributed by atoms with Crippen LogP contribution in [0.4, 0.5) is 5.69 Å². The number of nitrogen functional groups attached to an aromatic ring is 1. The number of pyridine rings is 1. The molecule has 0 aliphatic rings. The lowest BCUT2D eigenvalue weighted by molar-refractivity contribution is 0.550. The summed E-state index contributed by atoms with van der Waals surface area (Å²) >= 11 is 12.5. The Morgan fingerprint density at radius 2 is 1.95 bits per heavy atom. The van der Waals surface area contributed by atoms with E-state index in [1.165, 1.54) is 0 Å². The molecule has 0 fully saturated rings. The summed E-state index contributed by atoms with van der Waals surface area (Å²) in [5.74, 6) is 0. The maximum absolute atomic E-state index is 6.24. The van der Waals surface area contributed by atoms with E-state index in [0.29, 0.717) is 22.2 Å². The van der Waals surface area contributed by atoms with Gasteiger partial charge in [-0.3, -0.25) is 4.98 Å². The minimum absolute atomic E-state index is 0.0334. The quantitative estimate of drug-likeness (QED) is 0.881. The van der Waals surface area contributed by atoms with Gasteiger partial charge in [0.1, 0.15) is 0 Å². The average molecular weight is 310 g/mol. The maximum atomic E-state index is 6.24. The van der Waals surface area contributed by atoms with Gasteiger partial charge >= 0.3 is 0 Å². The summed E-state index contributed by atoms with van der Waals surface area (Å²) in [4.78, 5) is 4.15. The van der Waals surface area contributed by atoms with E-state index in [9.17, 15) is 0 Å². The van der Waals surface area contributed by atoms with Gasteiger partial charge in [0.15, 0.2) is 0 Å². The van der Waals surface area contributed by atoms with Gasteiger partial charge in [0.25, 0.3) is 0 Å². The number of nitrogens with one attached hydrogen (secondary N) is 1. The van der Waals surface area contributed by atoms with Crippen LogP contribution < -0.4 is 11.1 Å². The van der Waals surface area contributed by atoms with Crippen LogP contribution in [0.5, 0.6) is 0 Å². The summed E-state index contributed by atoms with van der Waals surface area (Å²) in [6.45, 7) is 2.87. The molecule has 0 saturated carbocycles. The molecule has 5 heteroatoms. The zero-order valence-electron chi connectivity index (χ0n) is 11.2. The Balaban J connectivity index is 2.33. The third kappa shape index (κ3) is 3.42. The first-order chi connectivity index (χ1) is 9.63. The van der Waals surface area contributed by atoms with E-state index in [2.05, 4.69) is 10.3 Å². The second-order valence-corrected chi connectivity index (χ2v) is 5.33. The molecule has 2 rings (SSSR count). The van der Waals surface area contributed by atoms with Crippen LogP contribution in [0, 0.1) is 0 Å². The monoisotopic (exact) mass is 309 g/mol.